The monoisotopic (exact) mass is 352 g/mol. The van der Waals surface area contributed by atoms with E-state index in [4.69, 9.17) is 4.42 Å². The van der Waals surface area contributed by atoms with Crippen LogP contribution in [-0.4, -0.2) is 10.9 Å². The third-order valence-corrected chi connectivity index (χ3v) is 4.76. The van der Waals surface area contributed by atoms with Gasteiger partial charge >= 0.3 is 0 Å². The lowest BCUT2D eigenvalue weighted by Gasteiger charge is -2.05. The van der Waals surface area contributed by atoms with E-state index in [-0.39, 0.29) is 11.4 Å². The molecule has 4 nitrogen and oxygen atoms in total. The highest BCUT2D eigenvalue weighted by Gasteiger charge is 2.16. The Hall–Kier alpha value is -2.99. The van der Waals surface area contributed by atoms with E-state index in [1.165, 1.54) is 23.5 Å². The molecule has 124 valence electrons. The number of halogens is 1. The van der Waals surface area contributed by atoms with Gasteiger partial charge in [-0.15, -0.1) is 11.3 Å². The van der Waals surface area contributed by atoms with Crippen molar-refractivity contribution in [3.63, 3.8) is 0 Å². The number of carbonyl (C=O) groups is 1. The van der Waals surface area contributed by atoms with Crippen LogP contribution in [0.25, 0.3) is 21.0 Å². The van der Waals surface area contributed by atoms with Crippen molar-refractivity contribution in [3.05, 3.63) is 71.7 Å². The van der Waals surface area contributed by atoms with Crippen LogP contribution in [-0.2, 0) is 0 Å². The molecule has 0 atom stereocenters. The highest BCUT2D eigenvalue weighted by atomic mass is 32.1. The molecule has 4 rings (SSSR count). The second-order valence-corrected chi connectivity index (χ2v) is 6.62. The van der Waals surface area contributed by atoms with Crippen LogP contribution < -0.4 is 5.32 Å². The van der Waals surface area contributed by atoms with Crippen molar-refractivity contribution in [2.75, 3.05) is 5.32 Å². The summed E-state index contributed by atoms with van der Waals surface area (Å²) in [6.07, 6.45) is 0. The molecule has 0 unspecified atom stereocenters. The highest BCUT2D eigenvalue weighted by Crippen LogP contribution is 2.31. The van der Waals surface area contributed by atoms with Gasteiger partial charge in [0.2, 0.25) is 0 Å². The Bertz CT molecular complexity index is 1050. The number of benzene rings is 2. The van der Waals surface area contributed by atoms with E-state index in [2.05, 4.69) is 10.3 Å². The number of anilines is 1. The van der Waals surface area contributed by atoms with Crippen molar-refractivity contribution < 1.29 is 13.6 Å². The van der Waals surface area contributed by atoms with Crippen molar-refractivity contribution >= 4 is 33.1 Å². The maximum atomic E-state index is 13.9. The third-order valence-electron chi connectivity index (χ3n) is 3.71. The first-order valence-corrected chi connectivity index (χ1v) is 8.45. The lowest BCUT2D eigenvalue weighted by Crippen LogP contribution is -2.12. The number of furan rings is 1. The molecule has 0 aliphatic rings. The van der Waals surface area contributed by atoms with Crippen molar-refractivity contribution in [2.24, 2.45) is 0 Å². The summed E-state index contributed by atoms with van der Waals surface area (Å²) in [5, 5.41) is 3.22. The van der Waals surface area contributed by atoms with Crippen molar-refractivity contribution in [1.29, 1.82) is 0 Å². The van der Waals surface area contributed by atoms with E-state index >= 15 is 0 Å². The molecule has 1 N–H and O–H groups in total. The zero-order valence-electron chi connectivity index (χ0n) is 13.2. The van der Waals surface area contributed by atoms with Gasteiger partial charge in [0.15, 0.2) is 16.5 Å². The van der Waals surface area contributed by atoms with Crippen LogP contribution in [0.3, 0.4) is 0 Å². The molecule has 0 bridgehead atoms. The molecule has 0 aliphatic carbocycles. The van der Waals surface area contributed by atoms with Gasteiger partial charge in [-0.05, 0) is 48.9 Å². The minimum atomic E-state index is -0.505. The first-order chi connectivity index (χ1) is 12.1. The van der Waals surface area contributed by atoms with Crippen LogP contribution in [0.2, 0.25) is 0 Å². The second kappa shape index (κ2) is 6.14. The van der Waals surface area contributed by atoms with Gasteiger partial charge < -0.3 is 9.73 Å². The van der Waals surface area contributed by atoms with E-state index in [1.54, 1.807) is 25.1 Å². The molecule has 6 heteroatoms. The fourth-order valence-electron chi connectivity index (χ4n) is 2.46. The van der Waals surface area contributed by atoms with E-state index in [1.807, 2.05) is 24.3 Å². The first kappa shape index (κ1) is 15.5. The Morgan fingerprint density at radius 1 is 1.16 bits per heavy atom. The molecule has 2 aromatic heterocycles. The molecule has 1 amide bonds. The Kier molecular flexibility index (Phi) is 3.82. The van der Waals surface area contributed by atoms with E-state index in [0.29, 0.717) is 10.8 Å². The van der Waals surface area contributed by atoms with Crippen molar-refractivity contribution in [1.82, 2.24) is 4.98 Å². The molecule has 0 spiro atoms. The minimum absolute atomic E-state index is 0.106. The van der Waals surface area contributed by atoms with E-state index in [0.717, 1.165) is 15.8 Å². The predicted octanol–water partition coefficient (Wildman–Crippen LogP) is 5.26. The van der Waals surface area contributed by atoms with E-state index < -0.39 is 11.7 Å². The number of carbonyl (C=O) groups excluding carboxylic acids is 1. The Morgan fingerprint density at radius 3 is 2.80 bits per heavy atom. The summed E-state index contributed by atoms with van der Waals surface area (Å²) >= 11 is 1.49. The summed E-state index contributed by atoms with van der Waals surface area (Å²) in [5.74, 6) is -0.369. The molecule has 2 aromatic carbocycles. The van der Waals surface area contributed by atoms with E-state index in [9.17, 15) is 9.18 Å². The molecule has 0 fully saturated rings. The van der Waals surface area contributed by atoms with Crippen molar-refractivity contribution in [2.45, 2.75) is 6.92 Å². The standard InChI is InChI=1S/C19H13FN2O2S/c1-11-6-7-13(12(20)10-11)21-18(23)15-8-9-16(24-15)19-22-14-4-2-3-5-17(14)25-19/h2-10H,1H3,(H,21,23). The van der Waals surface area contributed by atoms with Gasteiger partial charge in [-0.2, -0.15) is 0 Å². The number of hydrogen-bond acceptors (Lipinski definition) is 4. The molecule has 0 saturated heterocycles. The summed E-state index contributed by atoms with van der Waals surface area (Å²) in [6, 6.07) is 15.6. The number of fused-ring (bicyclic) bond motifs is 1. The first-order valence-electron chi connectivity index (χ1n) is 7.63. The quantitative estimate of drug-likeness (QED) is 0.547. The lowest BCUT2D eigenvalue weighted by atomic mass is 10.2. The number of thiazole rings is 1. The molecule has 0 saturated carbocycles. The lowest BCUT2D eigenvalue weighted by molar-refractivity contribution is 0.0997. The summed E-state index contributed by atoms with van der Waals surface area (Å²) in [7, 11) is 0. The number of aryl methyl sites for hydroxylation is 1. The SMILES string of the molecule is Cc1ccc(NC(=O)c2ccc(-c3nc4ccccc4s3)o2)c(F)c1. The average Bonchev–Trinajstić information content (AvgIpc) is 3.23. The van der Waals surface area contributed by atoms with Gasteiger partial charge in [-0.25, -0.2) is 9.37 Å². The number of rotatable bonds is 3. The number of amides is 1. The summed E-state index contributed by atoms with van der Waals surface area (Å²) in [5.41, 5.74) is 1.78. The van der Waals surface area contributed by atoms with Gasteiger partial charge in [0.25, 0.3) is 5.91 Å². The predicted molar refractivity (Wildman–Crippen MR) is 96.4 cm³/mol. The molecular weight excluding hydrogens is 339 g/mol. The van der Waals surface area contributed by atoms with Crippen LogP contribution in [0.1, 0.15) is 16.1 Å². The molecule has 0 aliphatic heterocycles. The topological polar surface area (TPSA) is 55.1 Å². The third kappa shape index (κ3) is 3.04. The van der Waals surface area contributed by atoms with Gasteiger partial charge in [-0.1, -0.05) is 18.2 Å². The fraction of sp³-hybridized carbons (Fsp3) is 0.0526. The van der Waals surface area contributed by atoms with Crippen LogP contribution in [0.5, 0.6) is 0 Å². The summed E-state index contributed by atoms with van der Waals surface area (Å²) in [4.78, 5) is 16.8. The minimum Gasteiger partial charge on any atom is -0.448 e. The maximum absolute atomic E-state index is 13.9. The Balaban J connectivity index is 1.58. The number of para-hydroxylation sites is 1. The largest absolute Gasteiger partial charge is 0.448 e. The molecular formula is C19H13FN2O2S. The molecule has 0 radical (unpaired) electrons. The zero-order valence-corrected chi connectivity index (χ0v) is 14.1. The second-order valence-electron chi connectivity index (χ2n) is 5.59. The van der Waals surface area contributed by atoms with Crippen molar-refractivity contribution in [3.8, 4) is 10.8 Å². The van der Waals surface area contributed by atoms with Gasteiger partial charge in [-0.3, -0.25) is 4.79 Å². The average molecular weight is 352 g/mol. The smallest absolute Gasteiger partial charge is 0.291 e. The molecule has 4 aromatic rings. The number of nitrogens with one attached hydrogen (secondary N) is 1. The fourth-order valence-corrected chi connectivity index (χ4v) is 3.39. The summed E-state index contributed by atoms with van der Waals surface area (Å²) < 4.78 is 20.5. The van der Waals surface area contributed by atoms with Crippen LogP contribution in [0.4, 0.5) is 10.1 Å². The zero-order chi connectivity index (χ0) is 17.4. The summed E-state index contributed by atoms with van der Waals surface area (Å²) in [6.45, 7) is 1.78. The van der Waals surface area contributed by atoms with Crippen LogP contribution in [0.15, 0.2) is 59.0 Å². The normalized spacial score (nSPS) is 11.0. The van der Waals surface area contributed by atoms with Crippen LogP contribution >= 0.6 is 11.3 Å². The molecule has 2 heterocycles. The highest BCUT2D eigenvalue weighted by molar-refractivity contribution is 7.21. The van der Waals surface area contributed by atoms with Gasteiger partial charge in [0.1, 0.15) is 5.82 Å². The number of hydrogen-bond donors (Lipinski definition) is 1. The number of aromatic nitrogens is 1. The van der Waals surface area contributed by atoms with Gasteiger partial charge in [0.05, 0.1) is 15.9 Å². The number of nitrogens with zero attached hydrogens (tertiary/aromatic N) is 1. The van der Waals surface area contributed by atoms with Gasteiger partial charge in [0, 0.05) is 0 Å². The Morgan fingerprint density at radius 2 is 2.00 bits per heavy atom. The Labute approximate surface area is 146 Å². The molecule has 25 heavy (non-hydrogen) atoms. The maximum Gasteiger partial charge on any atom is 0.291 e. The van der Waals surface area contributed by atoms with Crippen LogP contribution in [0, 0.1) is 12.7 Å².